The molecule has 1 amide bonds. The molecule has 7 nitrogen and oxygen atoms in total. The molecular weight excluding hydrogens is 419 g/mol. The van der Waals surface area contributed by atoms with Gasteiger partial charge in [0.05, 0.1) is 27.0 Å². The van der Waals surface area contributed by atoms with Gasteiger partial charge in [0.1, 0.15) is 5.84 Å². The van der Waals surface area contributed by atoms with Gasteiger partial charge < -0.3 is 10.6 Å². The van der Waals surface area contributed by atoms with E-state index >= 15 is 0 Å². The molecule has 1 aliphatic heterocycles. The summed E-state index contributed by atoms with van der Waals surface area (Å²) in [5.41, 5.74) is 1.85. The van der Waals surface area contributed by atoms with E-state index < -0.39 is 0 Å². The van der Waals surface area contributed by atoms with Crippen LogP contribution in [0.5, 0.6) is 0 Å². The fourth-order valence-electron chi connectivity index (χ4n) is 2.62. The molecule has 10 heteroatoms. The van der Waals surface area contributed by atoms with Crippen molar-refractivity contribution < 1.29 is 4.79 Å². The smallest absolute Gasteiger partial charge is 0.260 e. The predicted molar refractivity (Wildman–Crippen MR) is 117 cm³/mol. The first-order valence-corrected chi connectivity index (χ1v) is 10.8. The third-order valence-corrected chi connectivity index (χ3v) is 5.43. The maximum Gasteiger partial charge on any atom is 0.260 e. The van der Waals surface area contributed by atoms with E-state index in [0.717, 1.165) is 18.0 Å². The highest BCUT2D eigenvalue weighted by molar-refractivity contribution is 7.98. The zero-order valence-electron chi connectivity index (χ0n) is 15.5. The molecule has 2 aromatic rings. The average molecular weight is 439 g/mol. The first-order valence-electron chi connectivity index (χ1n) is 8.66. The normalized spacial score (nSPS) is 13.4. The van der Waals surface area contributed by atoms with Crippen molar-refractivity contribution in [3.8, 4) is 0 Å². The maximum atomic E-state index is 12.6. The minimum Gasteiger partial charge on any atom is -0.353 e. The summed E-state index contributed by atoms with van der Waals surface area (Å²) in [5, 5.41) is 13.2. The van der Waals surface area contributed by atoms with Crippen LogP contribution in [0.4, 0.5) is 11.6 Å². The number of nitrogens with zero attached hydrogens (tertiary/aromatic N) is 4. The molecule has 0 fully saturated rings. The van der Waals surface area contributed by atoms with Gasteiger partial charge in [0.15, 0.2) is 0 Å². The Hall–Kier alpha value is -2.03. The van der Waals surface area contributed by atoms with Gasteiger partial charge in [-0.25, -0.2) is 9.97 Å². The number of anilines is 2. The number of rotatable bonds is 6. The van der Waals surface area contributed by atoms with Crippen LogP contribution < -0.4 is 15.6 Å². The third-order valence-electron chi connectivity index (χ3n) is 4.07. The molecule has 1 aromatic heterocycles. The highest BCUT2D eigenvalue weighted by atomic mass is 35.5. The molecule has 148 valence electrons. The van der Waals surface area contributed by atoms with Crippen LogP contribution in [0.15, 0.2) is 29.5 Å². The number of carbonyl (C=O) groups is 1. The van der Waals surface area contributed by atoms with Gasteiger partial charge in [0, 0.05) is 31.5 Å². The van der Waals surface area contributed by atoms with Crippen LogP contribution in [-0.4, -0.2) is 46.8 Å². The van der Waals surface area contributed by atoms with E-state index in [2.05, 4.69) is 25.7 Å². The summed E-state index contributed by atoms with van der Waals surface area (Å²) in [6.07, 6.45) is 4.18. The molecule has 1 aliphatic rings. The Morgan fingerprint density at radius 3 is 2.86 bits per heavy atom. The van der Waals surface area contributed by atoms with Crippen LogP contribution in [0.2, 0.25) is 10.0 Å². The molecule has 0 radical (unpaired) electrons. The van der Waals surface area contributed by atoms with Crippen molar-refractivity contribution in [1.29, 1.82) is 0 Å². The summed E-state index contributed by atoms with van der Waals surface area (Å²) in [6, 6.07) is 5.31. The topological polar surface area (TPSA) is 82.5 Å². The zero-order valence-corrected chi connectivity index (χ0v) is 17.8. The number of hydrogen-bond donors (Lipinski definition) is 2. The molecule has 3 rings (SSSR count). The zero-order chi connectivity index (χ0) is 20.1. The maximum absolute atomic E-state index is 12.6. The summed E-state index contributed by atoms with van der Waals surface area (Å²) < 4.78 is 0. The van der Waals surface area contributed by atoms with Crippen LogP contribution in [0.25, 0.3) is 0 Å². The third kappa shape index (κ3) is 5.06. The number of thioether (sulfide) groups is 1. The summed E-state index contributed by atoms with van der Waals surface area (Å²) in [7, 11) is 0. The van der Waals surface area contributed by atoms with Crippen molar-refractivity contribution in [2.24, 2.45) is 5.10 Å². The van der Waals surface area contributed by atoms with Crippen molar-refractivity contribution >= 4 is 58.3 Å². The van der Waals surface area contributed by atoms with Crippen LogP contribution in [0, 0.1) is 6.92 Å². The summed E-state index contributed by atoms with van der Waals surface area (Å²) in [4.78, 5) is 21.2. The molecule has 28 heavy (non-hydrogen) atoms. The monoisotopic (exact) mass is 438 g/mol. The molecule has 2 N–H and O–H groups in total. The SMILES string of the molecule is CSCCNc1ncc(C(=O)NC2=NN(c3ccc(Cl)c(Cl)c3)CC2)c(C)n1. The Bertz CT molecular complexity index is 908. The van der Waals surface area contributed by atoms with E-state index in [1.165, 1.54) is 6.20 Å². The van der Waals surface area contributed by atoms with E-state index in [9.17, 15) is 4.79 Å². The molecule has 2 heterocycles. The number of hydrogen-bond acceptors (Lipinski definition) is 7. The number of halogens is 2. The highest BCUT2D eigenvalue weighted by Crippen LogP contribution is 2.28. The lowest BCUT2D eigenvalue weighted by Crippen LogP contribution is -2.30. The Morgan fingerprint density at radius 2 is 2.14 bits per heavy atom. The molecule has 0 spiro atoms. The fraction of sp³-hybridized carbons (Fsp3) is 0.333. The second-order valence-electron chi connectivity index (χ2n) is 6.08. The highest BCUT2D eigenvalue weighted by Gasteiger charge is 2.20. The van der Waals surface area contributed by atoms with E-state index in [1.807, 2.05) is 12.3 Å². The molecule has 1 aromatic carbocycles. The summed E-state index contributed by atoms with van der Waals surface area (Å²) >= 11 is 13.8. The van der Waals surface area contributed by atoms with Crippen LogP contribution in [-0.2, 0) is 0 Å². The second kappa shape index (κ2) is 9.45. The van der Waals surface area contributed by atoms with Crippen LogP contribution in [0.1, 0.15) is 22.5 Å². The number of amidine groups is 1. The van der Waals surface area contributed by atoms with Gasteiger partial charge in [-0.15, -0.1) is 0 Å². The van der Waals surface area contributed by atoms with E-state index in [1.54, 1.807) is 35.8 Å². The Morgan fingerprint density at radius 1 is 1.32 bits per heavy atom. The number of aryl methyl sites for hydroxylation is 1. The second-order valence-corrected chi connectivity index (χ2v) is 7.88. The van der Waals surface area contributed by atoms with E-state index in [-0.39, 0.29) is 5.91 Å². The van der Waals surface area contributed by atoms with E-state index in [4.69, 9.17) is 23.2 Å². The Balaban J connectivity index is 1.65. The number of hydrazone groups is 1. The van der Waals surface area contributed by atoms with Gasteiger partial charge in [-0.3, -0.25) is 9.80 Å². The largest absolute Gasteiger partial charge is 0.353 e. The Labute approximate surface area is 177 Å². The van der Waals surface area contributed by atoms with Gasteiger partial charge in [-0.05, 0) is 31.4 Å². The number of aromatic nitrogens is 2. The minimum atomic E-state index is -0.275. The van der Waals surface area contributed by atoms with Gasteiger partial charge >= 0.3 is 0 Å². The van der Waals surface area contributed by atoms with Crippen molar-refractivity contribution in [1.82, 2.24) is 15.3 Å². The average Bonchev–Trinajstić information content (AvgIpc) is 3.12. The number of amides is 1. The predicted octanol–water partition coefficient (Wildman–Crippen LogP) is 3.82. The van der Waals surface area contributed by atoms with Gasteiger partial charge in [-0.2, -0.15) is 16.9 Å². The lowest BCUT2D eigenvalue weighted by atomic mass is 10.2. The minimum absolute atomic E-state index is 0.275. The van der Waals surface area contributed by atoms with Crippen molar-refractivity contribution in [2.45, 2.75) is 13.3 Å². The molecule has 0 unspecified atom stereocenters. The molecule has 0 atom stereocenters. The first kappa shape index (κ1) is 20.7. The molecular formula is C18H20Cl2N6OS. The van der Waals surface area contributed by atoms with E-state index in [0.29, 0.717) is 46.1 Å². The molecule has 0 aliphatic carbocycles. The summed E-state index contributed by atoms with van der Waals surface area (Å²) in [6.45, 7) is 3.20. The fourth-order valence-corrected chi connectivity index (χ4v) is 3.21. The van der Waals surface area contributed by atoms with Crippen LogP contribution in [0.3, 0.4) is 0 Å². The van der Waals surface area contributed by atoms with Gasteiger partial charge in [0.2, 0.25) is 5.95 Å². The lowest BCUT2D eigenvalue weighted by Gasteiger charge is -2.13. The number of carbonyl (C=O) groups excluding carboxylic acids is 1. The molecule has 0 saturated heterocycles. The summed E-state index contributed by atoms with van der Waals surface area (Å²) in [5.74, 6) is 1.78. The Kier molecular flexibility index (Phi) is 6.98. The first-order chi connectivity index (χ1) is 13.5. The van der Waals surface area contributed by atoms with Crippen molar-refractivity contribution in [3.05, 3.63) is 45.7 Å². The number of nitrogens with one attached hydrogen (secondary N) is 2. The number of benzene rings is 1. The van der Waals surface area contributed by atoms with Crippen molar-refractivity contribution in [2.75, 3.05) is 35.4 Å². The van der Waals surface area contributed by atoms with Crippen LogP contribution >= 0.6 is 35.0 Å². The van der Waals surface area contributed by atoms with Gasteiger partial charge in [-0.1, -0.05) is 23.2 Å². The standard InChI is InChI=1S/C18H20Cl2N6OS/c1-11-13(10-22-18(23-11)21-6-8-28-2)17(27)24-16-5-7-26(25-16)12-3-4-14(19)15(20)9-12/h3-4,9-10H,5-8H2,1-2H3,(H,21,22,23)(H,24,25,27). The lowest BCUT2D eigenvalue weighted by molar-refractivity contribution is 0.0975. The van der Waals surface area contributed by atoms with Gasteiger partial charge in [0.25, 0.3) is 5.91 Å². The quantitative estimate of drug-likeness (QED) is 0.666. The van der Waals surface area contributed by atoms with Crippen molar-refractivity contribution in [3.63, 3.8) is 0 Å². The molecule has 0 bridgehead atoms. The molecule has 0 saturated carbocycles.